The van der Waals surface area contributed by atoms with Crippen molar-refractivity contribution in [3.63, 3.8) is 0 Å². The minimum atomic E-state index is -0.604. The Morgan fingerprint density at radius 3 is 2.65 bits per heavy atom. The third-order valence-electron chi connectivity index (χ3n) is 2.87. The van der Waals surface area contributed by atoms with Crippen LogP contribution >= 0.6 is 27.5 Å². The Balaban J connectivity index is 2.26. The lowest BCUT2D eigenvalue weighted by molar-refractivity contribution is 0.603. The van der Waals surface area contributed by atoms with E-state index in [1.165, 1.54) is 0 Å². The number of benzene rings is 1. The maximum atomic E-state index is 13.5. The number of rotatable bonds is 1. The minimum absolute atomic E-state index is 0.196. The number of pyridine rings is 1. The highest BCUT2D eigenvalue weighted by Crippen LogP contribution is 2.29. The van der Waals surface area contributed by atoms with Crippen LogP contribution in [0.1, 0.15) is 5.69 Å². The first-order chi connectivity index (χ1) is 9.56. The molecule has 6 heteroatoms. The van der Waals surface area contributed by atoms with Gasteiger partial charge < -0.3 is 0 Å². The highest BCUT2D eigenvalue weighted by atomic mass is 79.9. The van der Waals surface area contributed by atoms with Gasteiger partial charge in [0.15, 0.2) is 16.8 Å². The van der Waals surface area contributed by atoms with E-state index in [0.29, 0.717) is 11.5 Å². The summed E-state index contributed by atoms with van der Waals surface area (Å²) in [6.07, 6.45) is 0. The number of nitrogens with zero attached hydrogens (tertiary/aromatic N) is 3. The quantitative estimate of drug-likeness (QED) is 0.603. The van der Waals surface area contributed by atoms with Crippen LogP contribution in [0.4, 0.5) is 4.39 Å². The van der Waals surface area contributed by atoms with E-state index < -0.39 is 5.82 Å². The standard InChI is InChI=1S/C14H8BrClFN3/c1-7-11(17)13(16)20-14(18-7)12-9(15)6-8-4-2-3-5-10(8)19-12/h2-6H,1H3. The number of aryl methyl sites for hydroxylation is 1. The van der Waals surface area contributed by atoms with Gasteiger partial charge in [-0.05, 0) is 35.0 Å². The number of aromatic nitrogens is 3. The monoisotopic (exact) mass is 351 g/mol. The van der Waals surface area contributed by atoms with Crippen LogP contribution in [0.3, 0.4) is 0 Å². The number of para-hydroxylation sites is 1. The lowest BCUT2D eigenvalue weighted by Gasteiger charge is -2.07. The summed E-state index contributed by atoms with van der Waals surface area (Å²) in [4.78, 5) is 12.6. The predicted octanol–water partition coefficient (Wildman–Crippen LogP) is 4.56. The van der Waals surface area contributed by atoms with E-state index in [1.54, 1.807) is 6.92 Å². The molecular formula is C14H8BrClFN3. The molecule has 0 aliphatic rings. The first kappa shape index (κ1) is 13.4. The topological polar surface area (TPSA) is 38.7 Å². The van der Waals surface area contributed by atoms with E-state index in [1.807, 2.05) is 30.3 Å². The molecule has 2 heterocycles. The molecule has 0 N–H and O–H groups in total. The molecule has 3 rings (SSSR count). The first-order valence-corrected chi connectivity index (χ1v) is 6.98. The largest absolute Gasteiger partial charge is 0.243 e. The molecular weight excluding hydrogens is 345 g/mol. The van der Waals surface area contributed by atoms with Crippen molar-refractivity contribution in [3.05, 3.63) is 51.5 Å². The van der Waals surface area contributed by atoms with Crippen molar-refractivity contribution in [3.8, 4) is 11.5 Å². The van der Waals surface area contributed by atoms with E-state index in [2.05, 4.69) is 30.9 Å². The van der Waals surface area contributed by atoms with Crippen molar-refractivity contribution in [1.82, 2.24) is 15.0 Å². The van der Waals surface area contributed by atoms with Crippen molar-refractivity contribution >= 4 is 38.4 Å². The van der Waals surface area contributed by atoms with Gasteiger partial charge in [-0.25, -0.2) is 19.3 Å². The second kappa shape index (κ2) is 5.07. The molecule has 0 aliphatic carbocycles. The zero-order valence-electron chi connectivity index (χ0n) is 10.4. The van der Waals surface area contributed by atoms with Crippen LogP contribution in [-0.2, 0) is 0 Å². The Bertz CT molecular complexity index is 800. The zero-order chi connectivity index (χ0) is 14.3. The molecule has 2 aromatic heterocycles. The Kier molecular flexibility index (Phi) is 3.40. The second-order valence-electron chi connectivity index (χ2n) is 4.25. The van der Waals surface area contributed by atoms with Gasteiger partial charge in [0.1, 0.15) is 5.69 Å². The molecule has 100 valence electrons. The molecule has 0 unspecified atom stereocenters. The average molecular weight is 353 g/mol. The molecule has 0 spiro atoms. The number of halogens is 3. The third kappa shape index (κ3) is 2.27. The zero-order valence-corrected chi connectivity index (χ0v) is 12.7. The average Bonchev–Trinajstić information content (AvgIpc) is 2.43. The fourth-order valence-electron chi connectivity index (χ4n) is 1.88. The Morgan fingerprint density at radius 2 is 1.90 bits per heavy atom. The molecule has 0 fully saturated rings. The van der Waals surface area contributed by atoms with Crippen molar-refractivity contribution in [2.24, 2.45) is 0 Å². The van der Waals surface area contributed by atoms with Crippen LogP contribution in [0, 0.1) is 12.7 Å². The molecule has 20 heavy (non-hydrogen) atoms. The van der Waals surface area contributed by atoms with E-state index in [4.69, 9.17) is 11.6 Å². The number of hydrogen-bond acceptors (Lipinski definition) is 3. The van der Waals surface area contributed by atoms with Gasteiger partial charge in [0.25, 0.3) is 0 Å². The fraction of sp³-hybridized carbons (Fsp3) is 0.0714. The van der Waals surface area contributed by atoms with Gasteiger partial charge in [-0.1, -0.05) is 29.8 Å². The Labute approximate surface area is 128 Å². The predicted molar refractivity (Wildman–Crippen MR) is 80.2 cm³/mol. The molecule has 0 atom stereocenters. The van der Waals surface area contributed by atoms with Crippen LogP contribution < -0.4 is 0 Å². The van der Waals surface area contributed by atoms with E-state index in [-0.39, 0.29) is 10.8 Å². The fourth-order valence-corrected chi connectivity index (χ4v) is 2.61. The van der Waals surface area contributed by atoms with Gasteiger partial charge in [0.2, 0.25) is 0 Å². The van der Waals surface area contributed by atoms with Gasteiger partial charge in [-0.3, -0.25) is 0 Å². The summed E-state index contributed by atoms with van der Waals surface area (Å²) in [6, 6.07) is 9.61. The molecule has 0 radical (unpaired) electrons. The maximum absolute atomic E-state index is 13.5. The summed E-state index contributed by atoms with van der Waals surface area (Å²) in [7, 11) is 0. The molecule has 3 nitrogen and oxygen atoms in total. The smallest absolute Gasteiger partial charge is 0.181 e. The molecule has 0 saturated heterocycles. The maximum Gasteiger partial charge on any atom is 0.181 e. The molecule has 0 aliphatic heterocycles. The summed E-state index contributed by atoms with van der Waals surface area (Å²) in [5, 5.41) is 0.794. The minimum Gasteiger partial charge on any atom is -0.243 e. The van der Waals surface area contributed by atoms with Crippen molar-refractivity contribution in [2.75, 3.05) is 0 Å². The van der Waals surface area contributed by atoms with E-state index in [9.17, 15) is 4.39 Å². The highest BCUT2D eigenvalue weighted by Gasteiger charge is 2.15. The molecule has 0 amide bonds. The second-order valence-corrected chi connectivity index (χ2v) is 5.46. The van der Waals surface area contributed by atoms with E-state index >= 15 is 0 Å². The normalized spacial score (nSPS) is 11.0. The van der Waals surface area contributed by atoms with Crippen LogP contribution in [0.15, 0.2) is 34.8 Å². The first-order valence-electron chi connectivity index (χ1n) is 5.81. The number of fused-ring (bicyclic) bond motifs is 1. The van der Waals surface area contributed by atoms with Crippen LogP contribution in [0.2, 0.25) is 5.15 Å². The van der Waals surface area contributed by atoms with Crippen molar-refractivity contribution in [2.45, 2.75) is 6.92 Å². The van der Waals surface area contributed by atoms with Gasteiger partial charge in [0.05, 0.1) is 11.2 Å². The highest BCUT2D eigenvalue weighted by molar-refractivity contribution is 9.10. The van der Waals surface area contributed by atoms with Crippen molar-refractivity contribution < 1.29 is 4.39 Å². The molecule has 1 aromatic carbocycles. The van der Waals surface area contributed by atoms with Crippen LogP contribution in [-0.4, -0.2) is 15.0 Å². The van der Waals surface area contributed by atoms with Crippen LogP contribution in [0.5, 0.6) is 0 Å². The summed E-state index contributed by atoms with van der Waals surface area (Å²) >= 11 is 9.21. The molecule has 3 aromatic rings. The summed E-state index contributed by atoms with van der Waals surface area (Å²) in [5.74, 6) is -0.307. The van der Waals surface area contributed by atoms with Gasteiger partial charge in [0, 0.05) is 9.86 Å². The van der Waals surface area contributed by atoms with Gasteiger partial charge >= 0.3 is 0 Å². The third-order valence-corrected chi connectivity index (χ3v) is 3.72. The lowest BCUT2D eigenvalue weighted by Crippen LogP contribution is -1.99. The van der Waals surface area contributed by atoms with Gasteiger partial charge in [-0.2, -0.15) is 0 Å². The SMILES string of the molecule is Cc1nc(-c2nc3ccccc3cc2Br)nc(Cl)c1F. The van der Waals surface area contributed by atoms with Crippen molar-refractivity contribution in [1.29, 1.82) is 0 Å². The molecule has 0 saturated carbocycles. The van der Waals surface area contributed by atoms with E-state index in [0.717, 1.165) is 15.4 Å². The summed E-state index contributed by atoms with van der Waals surface area (Å²) in [5.41, 5.74) is 1.54. The number of hydrogen-bond donors (Lipinski definition) is 0. The van der Waals surface area contributed by atoms with Crippen LogP contribution in [0.25, 0.3) is 22.4 Å². The molecule has 0 bridgehead atoms. The summed E-state index contributed by atoms with van der Waals surface area (Å²) in [6.45, 7) is 1.54. The Morgan fingerprint density at radius 1 is 1.15 bits per heavy atom. The lowest BCUT2D eigenvalue weighted by atomic mass is 10.2. The summed E-state index contributed by atoms with van der Waals surface area (Å²) < 4.78 is 14.2. The Hall–Kier alpha value is -1.59. The van der Waals surface area contributed by atoms with Gasteiger partial charge in [-0.15, -0.1) is 0 Å².